The molecule has 146 valence electrons. The van der Waals surface area contributed by atoms with Crippen molar-refractivity contribution < 1.29 is 9.53 Å². The zero-order valence-corrected chi connectivity index (χ0v) is 16.1. The van der Waals surface area contributed by atoms with Crippen molar-refractivity contribution in [3.8, 4) is 5.75 Å². The maximum absolute atomic E-state index is 12.9. The molecule has 1 amide bonds. The van der Waals surface area contributed by atoms with Crippen molar-refractivity contribution >= 4 is 16.9 Å². The van der Waals surface area contributed by atoms with E-state index in [0.717, 1.165) is 36.0 Å². The van der Waals surface area contributed by atoms with Crippen LogP contribution in [0.5, 0.6) is 5.75 Å². The number of nitrogens with one attached hydrogen (secondary N) is 1. The molecule has 0 spiro atoms. The molecule has 1 N–H and O–H groups in total. The van der Waals surface area contributed by atoms with Crippen LogP contribution in [0.25, 0.3) is 11.0 Å². The summed E-state index contributed by atoms with van der Waals surface area (Å²) in [6, 6.07) is 15.2. The standard InChI is InChI=1S/C22H25N3O3/c1-2-14-28-18-7-5-6-16(15-18)21(26)24-12-10-17(11-13-24)25-20-9-4-3-8-19(20)23-22(25)27/h3-9,15,17H,2,10-14H2,1H3,(H,23,27). The van der Waals surface area contributed by atoms with E-state index in [2.05, 4.69) is 11.9 Å². The molecule has 0 radical (unpaired) electrons. The summed E-state index contributed by atoms with van der Waals surface area (Å²) in [7, 11) is 0. The third-order valence-electron chi connectivity index (χ3n) is 5.29. The number of aromatic nitrogens is 2. The molecule has 1 aliphatic rings. The van der Waals surface area contributed by atoms with Crippen LogP contribution in [0, 0.1) is 0 Å². The Bertz CT molecular complexity index is 1030. The number of hydrogen-bond acceptors (Lipinski definition) is 3. The number of amides is 1. The molecule has 0 atom stereocenters. The highest BCUT2D eigenvalue weighted by atomic mass is 16.5. The van der Waals surface area contributed by atoms with Crippen molar-refractivity contribution in [3.63, 3.8) is 0 Å². The van der Waals surface area contributed by atoms with Crippen molar-refractivity contribution in [2.24, 2.45) is 0 Å². The molecular formula is C22H25N3O3. The number of H-pyrrole nitrogens is 1. The van der Waals surface area contributed by atoms with E-state index in [1.165, 1.54) is 0 Å². The van der Waals surface area contributed by atoms with Gasteiger partial charge in [0.25, 0.3) is 5.91 Å². The summed E-state index contributed by atoms with van der Waals surface area (Å²) in [5, 5.41) is 0. The summed E-state index contributed by atoms with van der Waals surface area (Å²) in [5.41, 5.74) is 2.36. The zero-order chi connectivity index (χ0) is 19.5. The van der Waals surface area contributed by atoms with Crippen LogP contribution in [-0.4, -0.2) is 40.1 Å². The van der Waals surface area contributed by atoms with Crippen molar-refractivity contribution in [3.05, 3.63) is 64.6 Å². The van der Waals surface area contributed by atoms with Gasteiger partial charge in [0, 0.05) is 24.7 Å². The van der Waals surface area contributed by atoms with Crippen LogP contribution in [-0.2, 0) is 0 Å². The molecule has 6 heteroatoms. The van der Waals surface area contributed by atoms with Gasteiger partial charge >= 0.3 is 5.69 Å². The van der Waals surface area contributed by atoms with Gasteiger partial charge in [-0.2, -0.15) is 0 Å². The fraction of sp³-hybridized carbons (Fsp3) is 0.364. The number of imidazole rings is 1. The number of nitrogens with zero attached hydrogens (tertiary/aromatic N) is 2. The Labute approximate surface area is 163 Å². The van der Waals surface area contributed by atoms with E-state index in [4.69, 9.17) is 4.74 Å². The molecule has 1 fully saturated rings. The molecule has 1 aromatic heterocycles. The average molecular weight is 379 g/mol. The first-order valence-corrected chi connectivity index (χ1v) is 9.88. The summed E-state index contributed by atoms with van der Waals surface area (Å²) in [6.45, 7) is 3.96. The number of piperidine rings is 1. The van der Waals surface area contributed by atoms with Crippen LogP contribution in [0.4, 0.5) is 0 Å². The third-order valence-corrected chi connectivity index (χ3v) is 5.29. The summed E-state index contributed by atoms with van der Waals surface area (Å²) >= 11 is 0. The Balaban J connectivity index is 1.46. The van der Waals surface area contributed by atoms with Gasteiger partial charge in [-0.05, 0) is 49.6 Å². The molecule has 0 bridgehead atoms. The van der Waals surface area contributed by atoms with Gasteiger partial charge in [-0.15, -0.1) is 0 Å². The van der Waals surface area contributed by atoms with Crippen molar-refractivity contribution in [1.29, 1.82) is 0 Å². The van der Waals surface area contributed by atoms with E-state index in [1.54, 1.807) is 0 Å². The van der Waals surface area contributed by atoms with Crippen LogP contribution in [0.1, 0.15) is 42.6 Å². The molecule has 3 aromatic rings. The van der Waals surface area contributed by atoms with Gasteiger partial charge in [-0.1, -0.05) is 25.1 Å². The molecule has 0 unspecified atom stereocenters. The minimum atomic E-state index is -0.0771. The first kappa shape index (κ1) is 18.3. The van der Waals surface area contributed by atoms with Gasteiger partial charge in [0.2, 0.25) is 0 Å². The molecule has 1 saturated heterocycles. The lowest BCUT2D eigenvalue weighted by Gasteiger charge is -2.32. The first-order valence-electron chi connectivity index (χ1n) is 9.88. The first-order chi connectivity index (χ1) is 13.7. The van der Waals surface area contributed by atoms with E-state index in [0.29, 0.717) is 25.3 Å². The molecular weight excluding hydrogens is 354 g/mol. The predicted molar refractivity (Wildman–Crippen MR) is 109 cm³/mol. The number of fused-ring (bicyclic) bond motifs is 1. The highest BCUT2D eigenvalue weighted by Crippen LogP contribution is 2.26. The smallest absolute Gasteiger partial charge is 0.326 e. The summed E-state index contributed by atoms with van der Waals surface area (Å²) < 4.78 is 7.48. The van der Waals surface area contributed by atoms with E-state index in [1.807, 2.05) is 58.0 Å². The van der Waals surface area contributed by atoms with Crippen LogP contribution >= 0.6 is 0 Å². The summed E-state index contributed by atoms with van der Waals surface area (Å²) in [5.74, 6) is 0.750. The average Bonchev–Trinajstić information content (AvgIpc) is 3.07. The zero-order valence-electron chi connectivity index (χ0n) is 16.1. The van der Waals surface area contributed by atoms with Gasteiger partial charge in [0.1, 0.15) is 5.75 Å². The Morgan fingerprint density at radius 3 is 2.71 bits per heavy atom. The van der Waals surface area contributed by atoms with E-state index in [-0.39, 0.29) is 17.6 Å². The van der Waals surface area contributed by atoms with Gasteiger partial charge < -0.3 is 14.6 Å². The third kappa shape index (κ3) is 3.54. The second kappa shape index (κ2) is 7.92. The molecule has 6 nitrogen and oxygen atoms in total. The Morgan fingerprint density at radius 2 is 1.93 bits per heavy atom. The molecule has 0 aliphatic carbocycles. The van der Waals surface area contributed by atoms with E-state index in [9.17, 15) is 9.59 Å². The second-order valence-electron chi connectivity index (χ2n) is 7.22. The summed E-state index contributed by atoms with van der Waals surface area (Å²) in [4.78, 5) is 30.1. The minimum absolute atomic E-state index is 0.0201. The van der Waals surface area contributed by atoms with Crippen molar-refractivity contribution in [1.82, 2.24) is 14.5 Å². The number of para-hydroxylation sites is 2. The molecule has 0 saturated carbocycles. The van der Waals surface area contributed by atoms with Gasteiger partial charge in [-0.3, -0.25) is 9.36 Å². The minimum Gasteiger partial charge on any atom is -0.494 e. The van der Waals surface area contributed by atoms with Crippen LogP contribution < -0.4 is 10.4 Å². The largest absolute Gasteiger partial charge is 0.494 e. The Kier molecular flexibility index (Phi) is 5.19. The predicted octanol–water partition coefficient (Wildman–Crippen LogP) is 3.60. The second-order valence-corrected chi connectivity index (χ2v) is 7.22. The van der Waals surface area contributed by atoms with Crippen LogP contribution in [0.15, 0.2) is 53.3 Å². The Hall–Kier alpha value is -3.02. The lowest BCUT2D eigenvalue weighted by molar-refractivity contribution is 0.0694. The molecule has 2 aromatic carbocycles. The maximum Gasteiger partial charge on any atom is 0.326 e. The normalized spacial score (nSPS) is 15.1. The fourth-order valence-electron chi connectivity index (χ4n) is 3.89. The topological polar surface area (TPSA) is 67.3 Å². The van der Waals surface area contributed by atoms with Crippen LogP contribution in [0.2, 0.25) is 0 Å². The number of carbonyl (C=O) groups excluding carboxylic acids is 1. The monoisotopic (exact) mass is 379 g/mol. The van der Waals surface area contributed by atoms with Crippen LogP contribution in [0.3, 0.4) is 0 Å². The number of likely N-dealkylation sites (tertiary alicyclic amines) is 1. The summed E-state index contributed by atoms with van der Waals surface area (Å²) in [6.07, 6.45) is 2.46. The maximum atomic E-state index is 12.9. The van der Waals surface area contributed by atoms with E-state index >= 15 is 0 Å². The number of rotatable bonds is 5. The lowest BCUT2D eigenvalue weighted by atomic mass is 10.0. The molecule has 4 rings (SSSR count). The molecule has 1 aliphatic heterocycles. The quantitative estimate of drug-likeness (QED) is 0.737. The van der Waals surface area contributed by atoms with Crippen molar-refractivity contribution in [2.75, 3.05) is 19.7 Å². The van der Waals surface area contributed by atoms with Gasteiger partial charge in [-0.25, -0.2) is 4.79 Å². The molecule has 2 heterocycles. The lowest BCUT2D eigenvalue weighted by Crippen LogP contribution is -2.40. The highest BCUT2D eigenvalue weighted by molar-refractivity contribution is 5.94. The fourth-order valence-corrected chi connectivity index (χ4v) is 3.89. The highest BCUT2D eigenvalue weighted by Gasteiger charge is 2.26. The van der Waals surface area contributed by atoms with Gasteiger partial charge in [0.05, 0.1) is 17.6 Å². The Morgan fingerprint density at radius 1 is 1.14 bits per heavy atom. The van der Waals surface area contributed by atoms with E-state index < -0.39 is 0 Å². The number of carbonyl (C=O) groups is 1. The number of aromatic amines is 1. The number of benzene rings is 2. The van der Waals surface area contributed by atoms with Crippen molar-refractivity contribution in [2.45, 2.75) is 32.2 Å². The number of ether oxygens (including phenoxy) is 1. The SMILES string of the molecule is CCCOc1cccc(C(=O)N2CCC(n3c(=O)[nH]c4ccccc43)CC2)c1. The van der Waals surface area contributed by atoms with Gasteiger partial charge in [0.15, 0.2) is 0 Å². The molecule has 28 heavy (non-hydrogen) atoms. The number of hydrogen-bond donors (Lipinski definition) is 1.